The van der Waals surface area contributed by atoms with Gasteiger partial charge in [0.2, 0.25) is 12.2 Å². The van der Waals surface area contributed by atoms with Gasteiger partial charge in [0.15, 0.2) is 6.39 Å². The van der Waals surface area contributed by atoms with E-state index in [-0.39, 0.29) is 11.7 Å². The van der Waals surface area contributed by atoms with Crippen molar-refractivity contribution in [3.8, 4) is 0 Å². The quantitative estimate of drug-likeness (QED) is 0.621. The summed E-state index contributed by atoms with van der Waals surface area (Å²) in [6.45, 7) is 2.23. The third kappa shape index (κ3) is 1.98. The monoisotopic (exact) mass is 209 g/mol. The second kappa shape index (κ2) is 4.12. The molecule has 0 saturated carbocycles. The van der Waals surface area contributed by atoms with Crippen molar-refractivity contribution in [1.82, 2.24) is 14.8 Å². The lowest BCUT2D eigenvalue weighted by Gasteiger charge is -2.31. The van der Waals surface area contributed by atoms with Crippen LogP contribution in [0.4, 0.5) is 0 Å². The first-order valence-corrected chi connectivity index (χ1v) is 4.68. The van der Waals surface area contributed by atoms with E-state index in [1.807, 2.05) is 0 Å². The Morgan fingerprint density at radius 3 is 2.67 bits per heavy atom. The van der Waals surface area contributed by atoms with Crippen LogP contribution in [-0.4, -0.2) is 53.3 Å². The highest BCUT2D eigenvalue weighted by atomic mass is 16.3. The SMILES string of the molecule is O=CN1CCN(C(=O)c2cnco2)CC1. The lowest BCUT2D eigenvalue weighted by molar-refractivity contribution is -0.119. The molecule has 2 rings (SSSR count). The minimum atomic E-state index is -0.168. The summed E-state index contributed by atoms with van der Waals surface area (Å²) in [5.41, 5.74) is 0. The highest BCUT2D eigenvalue weighted by molar-refractivity contribution is 5.91. The number of nitrogens with zero attached hydrogens (tertiary/aromatic N) is 3. The van der Waals surface area contributed by atoms with Gasteiger partial charge in [-0.2, -0.15) is 0 Å². The first-order valence-electron chi connectivity index (χ1n) is 4.68. The van der Waals surface area contributed by atoms with E-state index < -0.39 is 0 Å². The number of oxazole rings is 1. The molecular formula is C9H11N3O3. The second-order valence-electron chi connectivity index (χ2n) is 3.30. The Kier molecular flexibility index (Phi) is 2.66. The molecule has 2 heterocycles. The minimum Gasteiger partial charge on any atom is -0.438 e. The van der Waals surface area contributed by atoms with E-state index in [9.17, 15) is 9.59 Å². The molecule has 1 aromatic heterocycles. The molecule has 1 aliphatic rings. The predicted octanol–water partition coefficient (Wildman–Crippen LogP) is -0.411. The molecule has 15 heavy (non-hydrogen) atoms. The molecule has 0 unspecified atom stereocenters. The topological polar surface area (TPSA) is 66.7 Å². The maximum Gasteiger partial charge on any atom is 0.291 e. The fourth-order valence-corrected chi connectivity index (χ4v) is 1.51. The molecule has 0 atom stereocenters. The van der Waals surface area contributed by atoms with Gasteiger partial charge in [0, 0.05) is 26.2 Å². The van der Waals surface area contributed by atoms with Crippen molar-refractivity contribution in [2.24, 2.45) is 0 Å². The first kappa shape index (κ1) is 9.70. The van der Waals surface area contributed by atoms with Crippen molar-refractivity contribution >= 4 is 12.3 Å². The Hall–Kier alpha value is -1.85. The van der Waals surface area contributed by atoms with Crippen molar-refractivity contribution in [3.63, 3.8) is 0 Å². The van der Waals surface area contributed by atoms with Gasteiger partial charge in [0.25, 0.3) is 5.91 Å². The van der Waals surface area contributed by atoms with Crippen molar-refractivity contribution in [2.45, 2.75) is 0 Å². The molecule has 6 nitrogen and oxygen atoms in total. The zero-order valence-corrected chi connectivity index (χ0v) is 8.13. The average molecular weight is 209 g/mol. The number of carbonyl (C=O) groups is 2. The molecular weight excluding hydrogens is 198 g/mol. The van der Waals surface area contributed by atoms with Gasteiger partial charge in [-0.3, -0.25) is 9.59 Å². The summed E-state index contributed by atoms with van der Waals surface area (Å²) in [4.78, 5) is 29.2. The van der Waals surface area contributed by atoms with Gasteiger partial charge >= 0.3 is 0 Å². The number of carbonyl (C=O) groups excluding carboxylic acids is 2. The summed E-state index contributed by atoms with van der Waals surface area (Å²) in [6.07, 6.45) is 3.43. The smallest absolute Gasteiger partial charge is 0.291 e. The summed E-state index contributed by atoms with van der Waals surface area (Å²) in [7, 11) is 0. The van der Waals surface area contributed by atoms with E-state index >= 15 is 0 Å². The van der Waals surface area contributed by atoms with Gasteiger partial charge in [-0.15, -0.1) is 0 Å². The zero-order valence-electron chi connectivity index (χ0n) is 8.13. The average Bonchev–Trinajstić information content (AvgIpc) is 2.82. The highest BCUT2D eigenvalue weighted by Crippen LogP contribution is 2.06. The predicted molar refractivity (Wildman–Crippen MR) is 50.0 cm³/mol. The van der Waals surface area contributed by atoms with E-state index in [0.717, 1.165) is 6.41 Å². The molecule has 0 radical (unpaired) electrons. The van der Waals surface area contributed by atoms with Crippen LogP contribution in [0.15, 0.2) is 17.0 Å². The van der Waals surface area contributed by atoms with Crippen molar-refractivity contribution in [1.29, 1.82) is 0 Å². The van der Waals surface area contributed by atoms with E-state index in [1.165, 1.54) is 12.6 Å². The van der Waals surface area contributed by atoms with Gasteiger partial charge < -0.3 is 14.2 Å². The van der Waals surface area contributed by atoms with E-state index in [1.54, 1.807) is 9.80 Å². The molecule has 1 saturated heterocycles. The first-order chi connectivity index (χ1) is 7.31. The zero-order chi connectivity index (χ0) is 10.7. The minimum absolute atomic E-state index is 0.168. The van der Waals surface area contributed by atoms with Crippen LogP contribution in [0.1, 0.15) is 10.6 Å². The van der Waals surface area contributed by atoms with Crippen LogP contribution in [0.2, 0.25) is 0 Å². The Morgan fingerprint density at radius 2 is 2.13 bits per heavy atom. The van der Waals surface area contributed by atoms with Crippen LogP contribution in [0, 0.1) is 0 Å². The van der Waals surface area contributed by atoms with E-state index in [0.29, 0.717) is 26.2 Å². The Bertz CT molecular complexity index is 341. The summed E-state index contributed by atoms with van der Waals surface area (Å²) in [6, 6.07) is 0. The Morgan fingerprint density at radius 1 is 1.40 bits per heavy atom. The highest BCUT2D eigenvalue weighted by Gasteiger charge is 2.22. The maximum atomic E-state index is 11.7. The summed E-state index contributed by atoms with van der Waals surface area (Å²) in [5.74, 6) is 0.0765. The number of piperazine rings is 1. The molecule has 1 aliphatic heterocycles. The third-order valence-electron chi connectivity index (χ3n) is 2.39. The maximum absolute atomic E-state index is 11.7. The summed E-state index contributed by atoms with van der Waals surface area (Å²) in [5, 5.41) is 0. The lowest BCUT2D eigenvalue weighted by atomic mass is 10.3. The fourth-order valence-electron chi connectivity index (χ4n) is 1.51. The fraction of sp³-hybridized carbons (Fsp3) is 0.444. The van der Waals surface area contributed by atoms with E-state index in [4.69, 9.17) is 4.42 Å². The van der Waals surface area contributed by atoms with Gasteiger partial charge in [-0.1, -0.05) is 0 Å². The number of rotatable bonds is 2. The molecule has 2 amide bonds. The number of aromatic nitrogens is 1. The molecule has 0 aromatic carbocycles. The van der Waals surface area contributed by atoms with Crippen LogP contribution < -0.4 is 0 Å². The largest absolute Gasteiger partial charge is 0.438 e. The number of amides is 2. The van der Waals surface area contributed by atoms with Crippen molar-refractivity contribution < 1.29 is 14.0 Å². The summed E-state index contributed by atoms with van der Waals surface area (Å²) >= 11 is 0. The van der Waals surface area contributed by atoms with Crippen molar-refractivity contribution in [3.05, 3.63) is 18.4 Å². The Balaban J connectivity index is 1.96. The molecule has 80 valence electrons. The molecule has 1 aromatic rings. The molecule has 0 spiro atoms. The van der Waals surface area contributed by atoms with Crippen molar-refractivity contribution in [2.75, 3.05) is 26.2 Å². The van der Waals surface area contributed by atoms with Crippen LogP contribution in [0.5, 0.6) is 0 Å². The number of hydrogen-bond acceptors (Lipinski definition) is 4. The van der Waals surface area contributed by atoms with Gasteiger partial charge in [0.1, 0.15) is 0 Å². The molecule has 0 bridgehead atoms. The number of hydrogen-bond donors (Lipinski definition) is 0. The Labute approximate surface area is 86.5 Å². The van der Waals surface area contributed by atoms with E-state index in [2.05, 4.69) is 4.98 Å². The molecule has 0 aliphatic carbocycles. The third-order valence-corrected chi connectivity index (χ3v) is 2.39. The lowest BCUT2D eigenvalue weighted by Crippen LogP contribution is -2.48. The standard InChI is InChI=1S/C9H11N3O3/c13-7-11-1-3-12(4-2-11)9(14)8-5-10-6-15-8/h5-7H,1-4H2. The molecule has 6 heteroatoms. The normalized spacial score (nSPS) is 16.5. The van der Waals surface area contributed by atoms with Crippen LogP contribution >= 0.6 is 0 Å². The van der Waals surface area contributed by atoms with Crippen LogP contribution in [-0.2, 0) is 4.79 Å². The van der Waals surface area contributed by atoms with Gasteiger partial charge in [0.05, 0.1) is 6.20 Å². The van der Waals surface area contributed by atoms with Crippen LogP contribution in [0.3, 0.4) is 0 Å². The summed E-state index contributed by atoms with van der Waals surface area (Å²) < 4.78 is 4.92. The van der Waals surface area contributed by atoms with Gasteiger partial charge in [-0.25, -0.2) is 4.98 Å². The van der Waals surface area contributed by atoms with Crippen LogP contribution in [0.25, 0.3) is 0 Å². The molecule has 1 fully saturated rings. The second-order valence-corrected chi connectivity index (χ2v) is 3.30. The molecule has 0 N–H and O–H groups in total. The van der Waals surface area contributed by atoms with Gasteiger partial charge in [-0.05, 0) is 0 Å².